The van der Waals surface area contributed by atoms with Crippen molar-refractivity contribution < 1.29 is 9.53 Å². The standard InChI is InChI=1S/C21H26N4O2S/c1-3-4-10-24(21(26)16-13-28-14-18(16)27-2)12-19-23-17-6-5-9-22-20(17)25(19)11-15-7-8-15/h5-6,9,13-15H,3-4,7-8,10-12H2,1-2H3. The van der Waals surface area contributed by atoms with Crippen LogP contribution >= 0.6 is 11.3 Å². The van der Waals surface area contributed by atoms with E-state index in [9.17, 15) is 4.79 Å². The Morgan fingerprint density at radius 2 is 2.25 bits per heavy atom. The molecule has 1 aliphatic carbocycles. The Morgan fingerprint density at radius 1 is 1.39 bits per heavy atom. The fourth-order valence-electron chi connectivity index (χ4n) is 3.42. The highest BCUT2D eigenvalue weighted by molar-refractivity contribution is 7.08. The summed E-state index contributed by atoms with van der Waals surface area (Å²) in [5, 5.41) is 3.74. The van der Waals surface area contributed by atoms with Crippen LogP contribution in [-0.4, -0.2) is 39.0 Å². The van der Waals surface area contributed by atoms with E-state index in [-0.39, 0.29) is 5.91 Å². The number of hydrogen-bond acceptors (Lipinski definition) is 5. The smallest absolute Gasteiger partial charge is 0.258 e. The molecule has 0 aromatic carbocycles. The van der Waals surface area contributed by atoms with Gasteiger partial charge in [0.05, 0.1) is 19.2 Å². The Bertz CT molecular complexity index is 960. The van der Waals surface area contributed by atoms with Crippen LogP contribution in [0.15, 0.2) is 29.1 Å². The maximum absolute atomic E-state index is 13.3. The average Bonchev–Trinajstić information content (AvgIpc) is 3.29. The predicted octanol–water partition coefficient (Wildman–Crippen LogP) is 4.35. The molecule has 0 aliphatic heterocycles. The van der Waals surface area contributed by atoms with Crippen molar-refractivity contribution in [1.29, 1.82) is 0 Å². The summed E-state index contributed by atoms with van der Waals surface area (Å²) in [5.41, 5.74) is 2.45. The zero-order valence-corrected chi connectivity index (χ0v) is 17.2. The summed E-state index contributed by atoms with van der Waals surface area (Å²) in [6.45, 7) is 4.26. The van der Waals surface area contributed by atoms with E-state index in [1.54, 1.807) is 7.11 Å². The number of rotatable bonds is 9. The number of aromatic nitrogens is 3. The molecule has 3 heterocycles. The number of nitrogens with zero attached hydrogens (tertiary/aromatic N) is 4. The lowest BCUT2D eigenvalue weighted by Gasteiger charge is -2.23. The number of unbranched alkanes of at least 4 members (excludes halogenated alkanes) is 1. The van der Waals surface area contributed by atoms with Gasteiger partial charge in [0.1, 0.15) is 17.1 Å². The number of imidazole rings is 1. The van der Waals surface area contributed by atoms with Crippen molar-refractivity contribution in [2.45, 2.75) is 45.7 Å². The average molecular weight is 399 g/mol. The van der Waals surface area contributed by atoms with Gasteiger partial charge in [0.15, 0.2) is 5.65 Å². The first-order chi connectivity index (χ1) is 13.7. The van der Waals surface area contributed by atoms with Crippen molar-refractivity contribution in [2.24, 2.45) is 5.92 Å². The molecule has 7 heteroatoms. The van der Waals surface area contributed by atoms with Crippen LogP contribution in [-0.2, 0) is 13.1 Å². The lowest BCUT2D eigenvalue weighted by molar-refractivity contribution is 0.0732. The number of carbonyl (C=O) groups excluding carboxylic acids is 1. The van der Waals surface area contributed by atoms with E-state index in [4.69, 9.17) is 9.72 Å². The van der Waals surface area contributed by atoms with Gasteiger partial charge in [0.25, 0.3) is 5.91 Å². The largest absolute Gasteiger partial charge is 0.495 e. The topological polar surface area (TPSA) is 60.2 Å². The van der Waals surface area contributed by atoms with E-state index in [1.165, 1.54) is 24.2 Å². The van der Waals surface area contributed by atoms with E-state index in [2.05, 4.69) is 16.5 Å². The molecular formula is C21H26N4O2S. The molecule has 0 saturated heterocycles. The third-order valence-electron chi connectivity index (χ3n) is 5.20. The van der Waals surface area contributed by atoms with Crippen LogP contribution in [0.25, 0.3) is 11.2 Å². The first-order valence-electron chi connectivity index (χ1n) is 9.90. The second-order valence-electron chi connectivity index (χ2n) is 7.36. The van der Waals surface area contributed by atoms with Crippen molar-refractivity contribution in [3.05, 3.63) is 40.5 Å². The van der Waals surface area contributed by atoms with Gasteiger partial charge in [-0.1, -0.05) is 13.3 Å². The fourth-order valence-corrected chi connectivity index (χ4v) is 4.19. The number of fused-ring (bicyclic) bond motifs is 1. The zero-order valence-electron chi connectivity index (χ0n) is 16.4. The molecule has 0 bridgehead atoms. The second kappa shape index (κ2) is 8.31. The monoisotopic (exact) mass is 398 g/mol. The number of amides is 1. The maximum Gasteiger partial charge on any atom is 0.258 e. The normalized spacial score (nSPS) is 13.8. The Labute approximate surface area is 169 Å². The molecule has 1 fully saturated rings. The fraction of sp³-hybridized carbons (Fsp3) is 0.476. The van der Waals surface area contributed by atoms with E-state index >= 15 is 0 Å². The van der Waals surface area contributed by atoms with Crippen LogP contribution in [0.4, 0.5) is 0 Å². The number of ether oxygens (including phenoxy) is 1. The number of carbonyl (C=O) groups is 1. The Morgan fingerprint density at radius 3 is 3.00 bits per heavy atom. The molecule has 3 aromatic rings. The molecule has 0 unspecified atom stereocenters. The van der Waals surface area contributed by atoms with Crippen LogP contribution in [0.5, 0.6) is 5.75 Å². The Balaban J connectivity index is 1.65. The zero-order chi connectivity index (χ0) is 19.5. The van der Waals surface area contributed by atoms with Crippen LogP contribution in [0, 0.1) is 5.92 Å². The summed E-state index contributed by atoms with van der Waals surface area (Å²) in [6, 6.07) is 3.91. The molecule has 0 radical (unpaired) electrons. The highest BCUT2D eigenvalue weighted by Crippen LogP contribution is 2.32. The van der Waals surface area contributed by atoms with E-state index in [0.717, 1.165) is 36.4 Å². The Hall–Kier alpha value is -2.41. The molecule has 0 spiro atoms. The summed E-state index contributed by atoms with van der Waals surface area (Å²) >= 11 is 1.49. The van der Waals surface area contributed by atoms with Crippen molar-refractivity contribution in [2.75, 3.05) is 13.7 Å². The first kappa shape index (κ1) is 18.9. The van der Waals surface area contributed by atoms with Crippen molar-refractivity contribution in [1.82, 2.24) is 19.4 Å². The molecule has 1 amide bonds. The quantitative estimate of drug-likeness (QED) is 0.537. The van der Waals surface area contributed by atoms with Gasteiger partial charge in [-0.05, 0) is 37.3 Å². The molecule has 1 saturated carbocycles. The number of methoxy groups -OCH3 is 1. The minimum Gasteiger partial charge on any atom is -0.495 e. The first-order valence-corrected chi connectivity index (χ1v) is 10.8. The summed E-state index contributed by atoms with van der Waals surface area (Å²) in [7, 11) is 1.61. The molecule has 3 aromatic heterocycles. The molecule has 0 N–H and O–H groups in total. The Kier molecular flexibility index (Phi) is 5.62. The summed E-state index contributed by atoms with van der Waals surface area (Å²) < 4.78 is 7.59. The third kappa shape index (κ3) is 3.90. The summed E-state index contributed by atoms with van der Waals surface area (Å²) in [4.78, 5) is 24.5. The van der Waals surface area contributed by atoms with Crippen LogP contribution in [0.2, 0.25) is 0 Å². The van der Waals surface area contributed by atoms with Crippen LogP contribution in [0.1, 0.15) is 48.8 Å². The molecule has 6 nitrogen and oxygen atoms in total. The molecule has 28 heavy (non-hydrogen) atoms. The molecular weight excluding hydrogens is 372 g/mol. The predicted molar refractivity (Wildman–Crippen MR) is 111 cm³/mol. The minimum atomic E-state index is 0.00420. The SMILES string of the molecule is CCCCN(Cc1nc2cccnc2n1CC1CC1)C(=O)c1cscc1OC. The summed E-state index contributed by atoms with van der Waals surface area (Å²) in [6.07, 6.45) is 6.32. The highest BCUT2D eigenvalue weighted by atomic mass is 32.1. The van der Waals surface area contributed by atoms with Gasteiger partial charge < -0.3 is 14.2 Å². The molecule has 148 valence electrons. The van der Waals surface area contributed by atoms with E-state index in [0.29, 0.717) is 30.3 Å². The van der Waals surface area contributed by atoms with Crippen LogP contribution in [0.3, 0.4) is 0 Å². The van der Waals surface area contributed by atoms with Gasteiger partial charge in [-0.2, -0.15) is 0 Å². The molecule has 4 rings (SSSR count). The van der Waals surface area contributed by atoms with Gasteiger partial charge in [0.2, 0.25) is 0 Å². The van der Waals surface area contributed by atoms with E-state index < -0.39 is 0 Å². The second-order valence-corrected chi connectivity index (χ2v) is 8.11. The van der Waals surface area contributed by atoms with Crippen molar-refractivity contribution in [3.63, 3.8) is 0 Å². The molecule has 1 aliphatic rings. The van der Waals surface area contributed by atoms with Gasteiger partial charge in [-0.25, -0.2) is 9.97 Å². The van der Waals surface area contributed by atoms with Gasteiger partial charge in [-0.15, -0.1) is 11.3 Å². The van der Waals surface area contributed by atoms with Crippen molar-refractivity contribution >= 4 is 28.4 Å². The number of hydrogen-bond donors (Lipinski definition) is 0. The van der Waals surface area contributed by atoms with Crippen LogP contribution < -0.4 is 4.74 Å². The van der Waals surface area contributed by atoms with Gasteiger partial charge >= 0.3 is 0 Å². The van der Waals surface area contributed by atoms with Gasteiger partial charge in [0, 0.05) is 30.0 Å². The van der Waals surface area contributed by atoms with Crippen molar-refractivity contribution in [3.8, 4) is 5.75 Å². The minimum absolute atomic E-state index is 0.00420. The maximum atomic E-state index is 13.3. The number of pyridine rings is 1. The lowest BCUT2D eigenvalue weighted by atomic mass is 10.2. The van der Waals surface area contributed by atoms with Gasteiger partial charge in [-0.3, -0.25) is 4.79 Å². The van der Waals surface area contributed by atoms with E-state index in [1.807, 2.05) is 34.0 Å². The number of thiophene rings is 1. The third-order valence-corrected chi connectivity index (χ3v) is 5.92. The molecule has 0 atom stereocenters. The highest BCUT2D eigenvalue weighted by Gasteiger charge is 2.27. The lowest BCUT2D eigenvalue weighted by Crippen LogP contribution is -2.32. The summed E-state index contributed by atoms with van der Waals surface area (Å²) in [5.74, 6) is 2.27.